The van der Waals surface area contributed by atoms with Crippen LogP contribution >= 0.6 is 35.4 Å². The molecular formula is C48H42ClN13O2S2. The molecular weight excluding hydrogens is 890 g/mol. The van der Waals surface area contributed by atoms with E-state index in [0.717, 1.165) is 63.3 Å². The third-order valence-corrected chi connectivity index (χ3v) is 10.3. The lowest BCUT2D eigenvalue weighted by molar-refractivity contribution is -0.160. The van der Waals surface area contributed by atoms with Crippen LogP contribution in [-0.2, 0) is 9.22 Å². The monoisotopic (exact) mass is 931 g/mol. The van der Waals surface area contributed by atoms with Gasteiger partial charge in [-0.3, -0.25) is 9.13 Å². The van der Waals surface area contributed by atoms with Crippen LogP contribution in [0.3, 0.4) is 0 Å². The van der Waals surface area contributed by atoms with Crippen LogP contribution in [-0.4, -0.2) is 72.3 Å². The highest BCUT2D eigenvalue weighted by Crippen LogP contribution is 2.24. The molecule has 0 unspecified atom stereocenters. The largest absolute Gasteiger partial charge is 0.345 e. The summed E-state index contributed by atoms with van der Waals surface area (Å²) >= 11 is 7.99. The van der Waals surface area contributed by atoms with E-state index in [1.165, 1.54) is 18.9 Å². The lowest BCUT2D eigenvalue weighted by Gasteiger charge is -2.10. The van der Waals surface area contributed by atoms with Crippen molar-refractivity contribution in [1.29, 1.82) is 0 Å². The molecule has 18 heteroatoms. The zero-order valence-electron chi connectivity index (χ0n) is 35.8. The van der Waals surface area contributed by atoms with Crippen molar-refractivity contribution in [3.8, 4) is 45.8 Å². The fraction of sp³-hybridized carbons (Fsp3) is 0.0625. The van der Waals surface area contributed by atoms with Gasteiger partial charge in [0.25, 0.3) is 0 Å². The molecule has 6 heterocycles. The van der Waals surface area contributed by atoms with E-state index < -0.39 is 0 Å². The molecule has 6 aromatic heterocycles. The Morgan fingerprint density at radius 2 is 1.12 bits per heavy atom. The van der Waals surface area contributed by atoms with Gasteiger partial charge in [0.2, 0.25) is 11.1 Å². The molecule has 0 aliphatic rings. The van der Waals surface area contributed by atoms with Crippen molar-refractivity contribution in [2.24, 2.45) is 0 Å². The Morgan fingerprint density at radius 1 is 0.561 bits per heavy atom. The SMILES string of the molecule is COOSc1nccc(-n2ccnc2-c2ccccc2)n1.CSc1nccc(Cl)n1.Cc1ccccc1Nc1nccc(-n2ccnc2-c2ccccc2)n1.c1ccc(-c2ncc[nH]2)cc1. The molecule has 0 radical (unpaired) electrons. The second-order valence-electron chi connectivity index (χ2n) is 13.3. The molecule has 0 spiro atoms. The van der Waals surface area contributed by atoms with Gasteiger partial charge in [0.15, 0.2) is 5.16 Å². The highest BCUT2D eigenvalue weighted by atomic mass is 35.5. The van der Waals surface area contributed by atoms with E-state index in [0.29, 0.717) is 27.2 Å². The first-order valence-electron chi connectivity index (χ1n) is 20.1. The van der Waals surface area contributed by atoms with Crippen molar-refractivity contribution in [2.45, 2.75) is 17.2 Å². The van der Waals surface area contributed by atoms with Gasteiger partial charge in [0.05, 0.1) is 7.11 Å². The van der Waals surface area contributed by atoms with E-state index in [-0.39, 0.29) is 0 Å². The molecule has 330 valence electrons. The lowest BCUT2D eigenvalue weighted by atomic mass is 10.2. The highest BCUT2D eigenvalue weighted by Gasteiger charge is 2.12. The molecule has 10 rings (SSSR count). The van der Waals surface area contributed by atoms with Crippen molar-refractivity contribution in [2.75, 3.05) is 18.7 Å². The van der Waals surface area contributed by atoms with Gasteiger partial charge in [-0.1, -0.05) is 133 Å². The molecule has 0 aliphatic heterocycles. The molecule has 0 atom stereocenters. The molecule has 10 aromatic rings. The molecule has 0 saturated carbocycles. The van der Waals surface area contributed by atoms with Crippen LogP contribution in [0.5, 0.6) is 0 Å². The minimum Gasteiger partial charge on any atom is -0.345 e. The Labute approximate surface area is 395 Å². The third-order valence-electron chi connectivity index (χ3n) is 8.99. The Morgan fingerprint density at radius 3 is 1.68 bits per heavy atom. The fourth-order valence-electron chi connectivity index (χ4n) is 5.96. The van der Waals surface area contributed by atoms with Crippen LogP contribution in [0.2, 0.25) is 5.15 Å². The Balaban J connectivity index is 0.000000141. The van der Waals surface area contributed by atoms with Crippen molar-refractivity contribution >= 4 is 47.0 Å². The van der Waals surface area contributed by atoms with E-state index in [2.05, 4.69) is 73.0 Å². The number of rotatable bonds is 11. The zero-order chi connectivity index (χ0) is 45.8. The van der Waals surface area contributed by atoms with Crippen LogP contribution in [0.15, 0.2) is 200 Å². The summed E-state index contributed by atoms with van der Waals surface area (Å²) in [5.41, 5.74) is 5.32. The van der Waals surface area contributed by atoms with E-state index in [1.54, 1.807) is 43.2 Å². The number of thioether (sulfide) groups is 1. The van der Waals surface area contributed by atoms with Gasteiger partial charge < -0.3 is 10.3 Å². The van der Waals surface area contributed by atoms with Gasteiger partial charge >= 0.3 is 0 Å². The average molecular weight is 933 g/mol. The number of aryl methyl sites for hydroxylation is 1. The summed E-state index contributed by atoms with van der Waals surface area (Å²) in [5, 5.41) is 4.94. The number of hydrogen-bond donors (Lipinski definition) is 2. The first-order chi connectivity index (χ1) is 32.5. The summed E-state index contributed by atoms with van der Waals surface area (Å²) in [5.74, 6) is 4.62. The van der Waals surface area contributed by atoms with Crippen LogP contribution in [0.25, 0.3) is 45.8 Å². The van der Waals surface area contributed by atoms with Crippen LogP contribution in [0.4, 0.5) is 11.6 Å². The molecule has 66 heavy (non-hydrogen) atoms. The number of imidazole rings is 3. The first-order valence-corrected chi connectivity index (χ1v) is 22.4. The summed E-state index contributed by atoms with van der Waals surface area (Å²) < 4.78 is 8.63. The Kier molecular flexibility index (Phi) is 17.2. The molecule has 4 aromatic carbocycles. The van der Waals surface area contributed by atoms with Crippen LogP contribution in [0, 0.1) is 6.92 Å². The standard InChI is InChI=1S/C20H17N5.C14H12N4O2S.C9H8N2.C5H5ClN2S/c1-15-7-5-6-10-17(15)23-20-22-12-11-18(24-20)25-14-13-21-19(25)16-8-3-2-4-9-16;1-19-20-21-14-16-8-7-12(17-14)18-10-9-15-13(18)11-5-3-2-4-6-11;1-2-4-8(5-3-1)9-10-6-7-11-9;1-9-5-7-3-2-4(6)8-5/h2-14H,1H3,(H,22,23,24);2-10H,1H3;1-7H,(H,10,11);2-3H,1H3. The second kappa shape index (κ2) is 24.5. The minimum absolute atomic E-state index is 0.460. The normalized spacial score (nSPS) is 10.4. The van der Waals surface area contributed by atoms with Crippen LogP contribution < -0.4 is 5.32 Å². The third kappa shape index (κ3) is 13.3. The van der Waals surface area contributed by atoms with E-state index in [4.69, 9.17) is 15.9 Å². The first kappa shape index (κ1) is 46.5. The number of hydrogen-bond acceptors (Lipinski definition) is 14. The molecule has 0 fully saturated rings. The van der Waals surface area contributed by atoms with E-state index in [9.17, 15) is 0 Å². The summed E-state index contributed by atoms with van der Waals surface area (Å²) in [6, 6.07) is 43.4. The van der Waals surface area contributed by atoms with Gasteiger partial charge in [-0.05, 0) is 43.0 Å². The summed E-state index contributed by atoms with van der Waals surface area (Å²) in [6.45, 7) is 2.05. The average Bonchev–Trinajstić information content (AvgIpc) is 4.20. The van der Waals surface area contributed by atoms with Gasteiger partial charge in [-0.25, -0.2) is 44.8 Å². The number of benzene rings is 4. The number of nitrogens with zero attached hydrogens (tertiary/aromatic N) is 11. The number of H-pyrrole nitrogens is 1. The Hall–Kier alpha value is -7.54. The maximum atomic E-state index is 5.56. The molecule has 0 aliphatic carbocycles. The topological polar surface area (TPSA) is 172 Å². The number of nitrogens with one attached hydrogen (secondary N) is 2. The quantitative estimate of drug-likeness (QED) is 0.0313. The zero-order valence-corrected chi connectivity index (χ0v) is 38.2. The smallest absolute Gasteiger partial charge is 0.229 e. The summed E-state index contributed by atoms with van der Waals surface area (Å²) in [6.07, 6.45) is 17.8. The van der Waals surface area contributed by atoms with Crippen molar-refractivity contribution in [3.05, 3.63) is 200 Å². The van der Waals surface area contributed by atoms with Gasteiger partial charge in [-0.2, -0.15) is 9.32 Å². The lowest BCUT2D eigenvalue weighted by Crippen LogP contribution is -2.04. The fourth-order valence-corrected chi connectivity index (χ4v) is 6.87. The summed E-state index contributed by atoms with van der Waals surface area (Å²) in [7, 11) is 1.43. The minimum atomic E-state index is 0.460. The number of para-hydroxylation sites is 1. The van der Waals surface area contributed by atoms with Gasteiger partial charge in [-0.15, -0.1) is 0 Å². The van der Waals surface area contributed by atoms with Crippen LogP contribution in [0.1, 0.15) is 5.56 Å². The summed E-state index contributed by atoms with van der Waals surface area (Å²) in [4.78, 5) is 45.9. The van der Waals surface area contributed by atoms with Gasteiger partial charge in [0, 0.05) is 78.1 Å². The maximum absolute atomic E-state index is 5.56. The second-order valence-corrected chi connectivity index (χ2v) is 15.2. The van der Waals surface area contributed by atoms with E-state index in [1.807, 2.05) is 155 Å². The number of anilines is 2. The highest BCUT2D eigenvalue weighted by molar-refractivity contribution is 7.98. The molecule has 0 amide bonds. The number of aromatic amines is 1. The molecule has 2 N–H and O–H groups in total. The van der Waals surface area contributed by atoms with Gasteiger partial charge in [0.1, 0.15) is 46.3 Å². The number of aromatic nitrogens is 12. The van der Waals surface area contributed by atoms with Crippen molar-refractivity contribution in [1.82, 2.24) is 59.0 Å². The number of halogens is 1. The maximum Gasteiger partial charge on any atom is 0.229 e. The predicted molar refractivity (Wildman–Crippen MR) is 260 cm³/mol. The van der Waals surface area contributed by atoms with E-state index >= 15 is 0 Å². The molecule has 15 nitrogen and oxygen atoms in total. The Bertz CT molecular complexity index is 2980. The molecule has 0 bridgehead atoms. The van der Waals surface area contributed by atoms with Crippen molar-refractivity contribution in [3.63, 3.8) is 0 Å². The molecule has 0 saturated heterocycles. The predicted octanol–water partition coefficient (Wildman–Crippen LogP) is 11.2. The van der Waals surface area contributed by atoms with Crippen molar-refractivity contribution < 1.29 is 9.22 Å².